The van der Waals surface area contributed by atoms with Crippen molar-refractivity contribution in [2.24, 2.45) is 5.73 Å². The first-order valence-electron chi connectivity index (χ1n) is 8.98. The van der Waals surface area contributed by atoms with Gasteiger partial charge < -0.3 is 10.6 Å². The minimum Gasteiger partial charge on any atom is -0.337 e. The molecule has 0 bridgehead atoms. The van der Waals surface area contributed by atoms with E-state index in [2.05, 4.69) is 15.1 Å². The Hall–Kier alpha value is -2.16. The zero-order valence-electron chi connectivity index (χ0n) is 15.8. The van der Waals surface area contributed by atoms with Gasteiger partial charge in [0.15, 0.2) is 0 Å². The first-order chi connectivity index (χ1) is 13.0. The Kier molecular flexibility index (Phi) is 6.22. The van der Waals surface area contributed by atoms with Crippen molar-refractivity contribution in [1.29, 1.82) is 0 Å². The van der Waals surface area contributed by atoms with E-state index in [4.69, 9.17) is 5.73 Å². The molecule has 7 nitrogen and oxygen atoms in total. The smallest absolute Gasteiger partial charge is 0.254 e. The number of thioether (sulfide) groups is 1. The van der Waals surface area contributed by atoms with Crippen LogP contribution in [0.5, 0.6) is 0 Å². The third-order valence-electron chi connectivity index (χ3n) is 4.72. The monoisotopic (exact) mass is 418 g/mol. The molecule has 1 fully saturated rings. The highest BCUT2D eigenvalue weighted by Gasteiger charge is 2.25. The van der Waals surface area contributed by atoms with Crippen LogP contribution in [0.2, 0.25) is 0 Å². The highest BCUT2D eigenvalue weighted by Crippen LogP contribution is 2.24. The Bertz CT molecular complexity index is 1010. The Morgan fingerprint density at radius 2 is 2.07 bits per heavy atom. The summed E-state index contributed by atoms with van der Waals surface area (Å²) in [4.78, 5) is 23.6. The fourth-order valence-corrected chi connectivity index (χ4v) is 4.17. The lowest BCUT2D eigenvalue weighted by atomic mass is 10.1. The van der Waals surface area contributed by atoms with Crippen LogP contribution >= 0.6 is 24.2 Å². The summed E-state index contributed by atoms with van der Waals surface area (Å²) in [7, 11) is 0. The van der Waals surface area contributed by atoms with Gasteiger partial charge in [-0.3, -0.25) is 4.79 Å². The van der Waals surface area contributed by atoms with Gasteiger partial charge in [-0.05, 0) is 38.0 Å². The second-order valence-electron chi connectivity index (χ2n) is 6.89. The van der Waals surface area contributed by atoms with Crippen LogP contribution in [0.25, 0.3) is 5.78 Å². The molecular formula is C19H23ClN6OS. The number of benzene rings is 1. The molecule has 28 heavy (non-hydrogen) atoms. The number of aromatic nitrogens is 4. The van der Waals surface area contributed by atoms with E-state index in [0.717, 1.165) is 35.5 Å². The van der Waals surface area contributed by atoms with Gasteiger partial charge in [0.2, 0.25) is 5.16 Å². The van der Waals surface area contributed by atoms with E-state index in [1.165, 1.54) is 11.8 Å². The van der Waals surface area contributed by atoms with Crippen LogP contribution in [0.3, 0.4) is 0 Å². The van der Waals surface area contributed by atoms with Gasteiger partial charge in [0.05, 0.1) is 0 Å². The lowest BCUT2D eigenvalue weighted by Crippen LogP contribution is -2.32. The molecule has 0 saturated carbocycles. The van der Waals surface area contributed by atoms with E-state index in [1.807, 2.05) is 49.1 Å². The molecule has 4 rings (SSSR count). The molecule has 3 aromatic rings. The molecule has 1 aromatic carbocycles. The number of amides is 1. The Morgan fingerprint density at radius 3 is 2.82 bits per heavy atom. The van der Waals surface area contributed by atoms with Crippen LogP contribution in [0.4, 0.5) is 0 Å². The average molecular weight is 419 g/mol. The van der Waals surface area contributed by atoms with Crippen molar-refractivity contribution in [3.8, 4) is 0 Å². The number of hydrogen-bond donors (Lipinski definition) is 1. The van der Waals surface area contributed by atoms with Crippen LogP contribution in [0, 0.1) is 13.8 Å². The molecule has 2 N–H and O–H groups in total. The summed E-state index contributed by atoms with van der Waals surface area (Å²) in [6, 6.07) is 9.78. The molecule has 1 atom stereocenters. The fraction of sp³-hybridized carbons (Fsp3) is 0.368. The summed E-state index contributed by atoms with van der Waals surface area (Å²) in [5.74, 6) is 1.28. The molecular weight excluding hydrogens is 396 g/mol. The number of halogens is 1. The molecule has 1 aliphatic rings. The first-order valence-corrected chi connectivity index (χ1v) is 9.96. The van der Waals surface area contributed by atoms with E-state index in [1.54, 1.807) is 4.52 Å². The van der Waals surface area contributed by atoms with Crippen LogP contribution in [-0.2, 0) is 5.75 Å². The summed E-state index contributed by atoms with van der Waals surface area (Å²) in [5, 5.41) is 5.18. The van der Waals surface area contributed by atoms with Gasteiger partial charge in [0, 0.05) is 41.8 Å². The predicted octanol–water partition coefficient (Wildman–Crippen LogP) is 2.63. The van der Waals surface area contributed by atoms with E-state index in [-0.39, 0.29) is 24.4 Å². The second-order valence-corrected chi connectivity index (χ2v) is 7.83. The largest absolute Gasteiger partial charge is 0.337 e. The molecule has 148 valence electrons. The molecule has 2 aromatic heterocycles. The number of likely N-dealkylation sites (tertiary alicyclic amines) is 1. The van der Waals surface area contributed by atoms with Gasteiger partial charge in [-0.1, -0.05) is 30.0 Å². The zero-order chi connectivity index (χ0) is 19.0. The van der Waals surface area contributed by atoms with Crippen molar-refractivity contribution in [3.63, 3.8) is 0 Å². The minimum atomic E-state index is 0. The quantitative estimate of drug-likeness (QED) is 0.655. The summed E-state index contributed by atoms with van der Waals surface area (Å²) in [5.41, 5.74) is 9.58. The highest BCUT2D eigenvalue weighted by molar-refractivity contribution is 7.98. The number of fused-ring (bicyclic) bond motifs is 1. The van der Waals surface area contributed by atoms with Crippen molar-refractivity contribution >= 4 is 35.9 Å². The van der Waals surface area contributed by atoms with Crippen LogP contribution in [-0.4, -0.2) is 49.5 Å². The SMILES string of the molecule is Cc1cc(C)n2nc(SCc3ccccc3C(=O)N3CC[C@@H](N)C3)nc2n1.Cl. The summed E-state index contributed by atoms with van der Waals surface area (Å²) >= 11 is 1.51. The summed E-state index contributed by atoms with van der Waals surface area (Å²) < 4.78 is 1.75. The van der Waals surface area contributed by atoms with Crippen LogP contribution in [0.1, 0.15) is 33.7 Å². The summed E-state index contributed by atoms with van der Waals surface area (Å²) in [6.07, 6.45) is 0.861. The van der Waals surface area contributed by atoms with Crippen molar-refractivity contribution < 1.29 is 4.79 Å². The molecule has 0 spiro atoms. The maximum Gasteiger partial charge on any atom is 0.254 e. The Balaban J connectivity index is 0.00000225. The molecule has 0 unspecified atom stereocenters. The maximum absolute atomic E-state index is 12.9. The van der Waals surface area contributed by atoms with Gasteiger partial charge >= 0.3 is 0 Å². The number of carbonyl (C=O) groups excluding carboxylic acids is 1. The number of nitrogens with two attached hydrogens (primary N) is 1. The third kappa shape index (κ3) is 4.14. The van der Waals surface area contributed by atoms with Crippen molar-refractivity contribution in [2.45, 2.75) is 37.2 Å². The lowest BCUT2D eigenvalue weighted by molar-refractivity contribution is 0.0790. The number of nitrogens with zero attached hydrogens (tertiary/aromatic N) is 5. The molecule has 1 amide bonds. The molecule has 0 aliphatic carbocycles. The predicted molar refractivity (Wildman–Crippen MR) is 112 cm³/mol. The molecule has 0 radical (unpaired) electrons. The number of aryl methyl sites for hydroxylation is 2. The maximum atomic E-state index is 12.9. The first kappa shape index (κ1) is 20.6. The fourth-order valence-electron chi connectivity index (χ4n) is 3.35. The Morgan fingerprint density at radius 1 is 1.29 bits per heavy atom. The van der Waals surface area contributed by atoms with Crippen molar-refractivity contribution in [3.05, 3.63) is 52.8 Å². The number of rotatable bonds is 4. The topological polar surface area (TPSA) is 89.4 Å². The molecule has 3 heterocycles. The van der Waals surface area contributed by atoms with Crippen molar-refractivity contribution in [1.82, 2.24) is 24.5 Å². The van der Waals surface area contributed by atoms with Gasteiger partial charge in [0.25, 0.3) is 11.7 Å². The highest BCUT2D eigenvalue weighted by atomic mass is 35.5. The van der Waals surface area contributed by atoms with E-state index >= 15 is 0 Å². The van der Waals surface area contributed by atoms with Crippen LogP contribution < -0.4 is 5.73 Å². The van der Waals surface area contributed by atoms with Gasteiger partial charge in [-0.25, -0.2) is 9.50 Å². The number of carbonyl (C=O) groups is 1. The standard InChI is InChI=1S/C19H22N6OS.ClH/c1-12-9-13(2)25-18(21-12)22-19(23-25)27-11-14-5-3-4-6-16(14)17(26)24-8-7-15(20)10-24;/h3-6,9,15H,7-8,10-11,20H2,1-2H3;1H/t15-;/m1./s1. The normalized spacial score (nSPS) is 16.4. The Labute approximate surface area is 174 Å². The summed E-state index contributed by atoms with van der Waals surface area (Å²) in [6.45, 7) is 5.28. The average Bonchev–Trinajstić information content (AvgIpc) is 3.26. The molecule has 9 heteroatoms. The molecule has 1 saturated heterocycles. The van der Waals surface area contributed by atoms with Gasteiger partial charge in [0.1, 0.15) is 0 Å². The van der Waals surface area contributed by atoms with Gasteiger partial charge in [-0.15, -0.1) is 17.5 Å². The number of hydrogen-bond acceptors (Lipinski definition) is 6. The third-order valence-corrected chi connectivity index (χ3v) is 5.60. The minimum absolute atomic E-state index is 0. The van der Waals surface area contributed by atoms with Gasteiger partial charge in [-0.2, -0.15) is 4.98 Å². The van der Waals surface area contributed by atoms with E-state index in [0.29, 0.717) is 23.2 Å². The molecule has 1 aliphatic heterocycles. The lowest BCUT2D eigenvalue weighted by Gasteiger charge is -2.17. The van der Waals surface area contributed by atoms with Crippen molar-refractivity contribution in [2.75, 3.05) is 13.1 Å². The van der Waals surface area contributed by atoms with E-state index in [9.17, 15) is 4.79 Å². The zero-order valence-corrected chi connectivity index (χ0v) is 17.5. The second kappa shape index (κ2) is 8.46. The van der Waals surface area contributed by atoms with Crippen LogP contribution in [0.15, 0.2) is 35.5 Å². The van der Waals surface area contributed by atoms with E-state index < -0.39 is 0 Å².